The summed E-state index contributed by atoms with van der Waals surface area (Å²) in [7, 11) is -4.07. The second kappa shape index (κ2) is 12.5. The Morgan fingerprint density at radius 3 is 2.15 bits per heavy atom. The molecule has 0 bridgehead atoms. The number of nitrogens with one attached hydrogen (secondary N) is 1. The molecule has 4 rings (SSSR count). The van der Waals surface area contributed by atoms with Gasteiger partial charge in [0.25, 0.3) is 10.0 Å². The van der Waals surface area contributed by atoms with Crippen molar-refractivity contribution in [2.75, 3.05) is 10.8 Å². The zero-order valence-corrected chi connectivity index (χ0v) is 23.7. The first-order valence-corrected chi connectivity index (χ1v) is 14.9. The van der Waals surface area contributed by atoms with Crippen LogP contribution >= 0.6 is 0 Å². The number of carbonyl (C=O) groups is 2. The summed E-state index contributed by atoms with van der Waals surface area (Å²) in [4.78, 5) is 28.9. The summed E-state index contributed by atoms with van der Waals surface area (Å²) in [5, 5.41) is 3.09. The van der Waals surface area contributed by atoms with Gasteiger partial charge in [-0.2, -0.15) is 0 Å². The van der Waals surface area contributed by atoms with Crippen molar-refractivity contribution in [2.24, 2.45) is 0 Å². The lowest BCUT2D eigenvalue weighted by Gasteiger charge is -2.33. The van der Waals surface area contributed by atoms with E-state index < -0.39 is 28.5 Å². The van der Waals surface area contributed by atoms with Crippen LogP contribution in [0.1, 0.15) is 49.3 Å². The summed E-state index contributed by atoms with van der Waals surface area (Å²) in [6.45, 7) is 5.21. The van der Waals surface area contributed by atoms with Crippen LogP contribution in [0.25, 0.3) is 0 Å². The third kappa shape index (κ3) is 6.68. The molecule has 0 unspecified atom stereocenters. The van der Waals surface area contributed by atoms with E-state index >= 15 is 0 Å². The van der Waals surface area contributed by atoms with E-state index in [2.05, 4.69) is 5.32 Å². The molecule has 0 radical (unpaired) electrons. The van der Waals surface area contributed by atoms with Gasteiger partial charge in [0.1, 0.15) is 12.6 Å². The Kier molecular flexibility index (Phi) is 9.07. The van der Waals surface area contributed by atoms with E-state index in [1.54, 1.807) is 37.3 Å². The normalized spacial score (nSPS) is 14.5. The van der Waals surface area contributed by atoms with E-state index in [-0.39, 0.29) is 23.4 Å². The number of hydrogen-bond acceptors (Lipinski definition) is 4. The highest BCUT2D eigenvalue weighted by molar-refractivity contribution is 7.92. The Balaban J connectivity index is 1.70. The third-order valence-electron chi connectivity index (χ3n) is 7.52. The van der Waals surface area contributed by atoms with Crippen LogP contribution in [-0.2, 0) is 26.2 Å². The fourth-order valence-corrected chi connectivity index (χ4v) is 6.49. The number of nitrogens with zero attached hydrogens (tertiary/aromatic N) is 2. The molecule has 0 spiro atoms. The molecular formula is C31H37N3O4S. The summed E-state index contributed by atoms with van der Waals surface area (Å²) in [5.74, 6) is -0.677. The molecule has 3 aromatic carbocycles. The number of amides is 2. The quantitative estimate of drug-likeness (QED) is 0.388. The molecule has 2 amide bonds. The fourth-order valence-electron chi connectivity index (χ4n) is 4.99. The molecular weight excluding hydrogens is 510 g/mol. The van der Waals surface area contributed by atoms with Gasteiger partial charge < -0.3 is 10.2 Å². The number of hydrogen-bond donors (Lipinski definition) is 1. The van der Waals surface area contributed by atoms with Gasteiger partial charge in [-0.1, -0.05) is 73.5 Å². The van der Waals surface area contributed by atoms with Gasteiger partial charge in [0, 0.05) is 12.6 Å². The maximum absolute atomic E-state index is 14.0. The van der Waals surface area contributed by atoms with Gasteiger partial charge in [-0.3, -0.25) is 13.9 Å². The molecule has 0 aliphatic heterocycles. The van der Waals surface area contributed by atoms with Gasteiger partial charge in [0.2, 0.25) is 11.8 Å². The minimum atomic E-state index is -4.07. The van der Waals surface area contributed by atoms with Crippen molar-refractivity contribution in [2.45, 2.75) is 70.0 Å². The first-order valence-electron chi connectivity index (χ1n) is 13.5. The monoisotopic (exact) mass is 547 g/mol. The smallest absolute Gasteiger partial charge is 0.264 e. The first-order chi connectivity index (χ1) is 18.7. The molecule has 1 atom stereocenters. The molecule has 8 heteroatoms. The number of benzene rings is 3. The van der Waals surface area contributed by atoms with Crippen LogP contribution in [0.15, 0.2) is 83.8 Å². The molecule has 0 heterocycles. The number of anilines is 1. The number of carbonyl (C=O) groups excluding carboxylic acids is 2. The Labute approximate surface area is 231 Å². The van der Waals surface area contributed by atoms with Crippen molar-refractivity contribution in [1.82, 2.24) is 10.2 Å². The Morgan fingerprint density at radius 1 is 0.897 bits per heavy atom. The van der Waals surface area contributed by atoms with Crippen LogP contribution in [-0.4, -0.2) is 43.8 Å². The van der Waals surface area contributed by atoms with Crippen molar-refractivity contribution in [3.05, 3.63) is 95.6 Å². The molecule has 1 aliphatic carbocycles. The van der Waals surface area contributed by atoms with Crippen molar-refractivity contribution >= 4 is 27.5 Å². The van der Waals surface area contributed by atoms with Crippen LogP contribution in [0, 0.1) is 13.8 Å². The van der Waals surface area contributed by atoms with Crippen molar-refractivity contribution in [3.8, 4) is 0 Å². The molecule has 1 N–H and O–H groups in total. The van der Waals surface area contributed by atoms with Crippen LogP contribution in [0.5, 0.6) is 0 Å². The molecule has 1 fully saturated rings. The zero-order valence-electron chi connectivity index (χ0n) is 22.8. The van der Waals surface area contributed by atoms with E-state index in [9.17, 15) is 18.0 Å². The molecule has 0 aromatic heterocycles. The van der Waals surface area contributed by atoms with Crippen molar-refractivity contribution in [1.29, 1.82) is 0 Å². The largest absolute Gasteiger partial charge is 0.352 e. The minimum absolute atomic E-state index is 0.0975. The molecule has 39 heavy (non-hydrogen) atoms. The van der Waals surface area contributed by atoms with Gasteiger partial charge in [0.15, 0.2) is 0 Å². The van der Waals surface area contributed by atoms with Gasteiger partial charge in [-0.25, -0.2) is 8.42 Å². The van der Waals surface area contributed by atoms with E-state index in [0.717, 1.165) is 42.4 Å². The maximum atomic E-state index is 14.0. The van der Waals surface area contributed by atoms with E-state index in [4.69, 9.17) is 0 Å². The zero-order chi connectivity index (χ0) is 28.0. The van der Waals surface area contributed by atoms with Gasteiger partial charge in [-0.15, -0.1) is 0 Å². The number of sulfonamides is 1. The van der Waals surface area contributed by atoms with Crippen LogP contribution < -0.4 is 9.62 Å². The Bertz CT molecular complexity index is 1390. The summed E-state index contributed by atoms with van der Waals surface area (Å²) < 4.78 is 29.0. The van der Waals surface area contributed by atoms with E-state index in [1.165, 1.54) is 21.3 Å². The Morgan fingerprint density at radius 2 is 1.51 bits per heavy atom. The average molecular weight is 548 g/mol. The molecule has 206 valence electrons. The summed E-state index contributed by atoms with van der Waals surface area (Å²) in [5.41, 5.74) is 2.98. The van der Waals surface area contributed by atoms with E-state index in [1.807, 2.05) is 50.2 Å². The first kappa shape index (κ1) is 28.4. The van der Waals surface area contributed by atoms with Gasteiger partial charge >= 0.3 is 0 Å². The van der Waals surface area contributed by atoms with Crippen molar-refractivity contribution in [3.63, 3.8) is 0 Å². The lowest BCUT2D eigenvalue weighted by Crippen LogP contribution is -2.52. The second-order valence-corrected chi connectivity index (χ2v) is 12.1. The molecule has 7 nitrogen and oxygen atoms in total. The van der Waals surface area contributed by atoms with Crippen molar-refractivity contribution < 1.29 is 18.0 Å². The Hall–Kier alpha value is -3.65. The highest BCUT2D eigenvalue weighted by Gasteiger charge is 2.33. The molecule has 0 saturated heterocycles. The lowest BCUT2D eigenvalue weighted by atomic mass is 10.1. The fraction of sp³-hybridized carbons (Fsp3) is 0.355. The standard InChI is InChI=1S/C31H37N3O4S/c1-23-13-12-20-29(24(23)2)34(39(37,38)28-18-8-5-9-19-28)22-30(35)33(21-26-14-6-4-7-15-26)25(3)31(36)32-27-16-10-11-17-27/h4-9,12-15,18-20,25,27H,10-11,16-17,21-22H2,1-3H3,(H,32,36)/t25-/m0/s1. The second-order valence-electron chi connectivity index (χ2n) is 10.2. The van der Waals surface area contributed by atoms with E-state index in [0.29, 0.717) is 5.69 Å². The maximum Gasteiger partial charge on any atom is 0.264 e. The predicted octanol–water partition coefficient (Wildman–Crippen LogP) is 4.97. The average Bonchev–Trinajstić information content (AvgIpc) is 3.45. The van der Waals surface area contributed by atoms with Gasteiger partial charge in [-0.05, 0) is 68.5 Å². The van der Waals surface area contributed by atoms with Gasteiger partial charge in [0.05, 0.1) is 10.6 Å². The molecule has 1 aliphatic rings. The highest BCUT2D eigenvalue weighted by atomic mass is 32.2. The van der Waals surface area contributed by atoms with Crippen LogP contribution in [0.3, 0.4) is 0 Å². The molecule has 3 aromatic rings. The van der Waals surface area contributed by atoms with Crippen LogP contribution in [0.4, 0.5) is 5.69 Å². The predicted molar refractivity (Wildman–Crippen MR) is 154 cm³/mol. The SMILES string of the molecule is Cc1cccc(N(CC(=O)N(Cc2ccccc2)[C@@H](C)C(=O)NC2CCCC2)S(=O)(=O)c2ccccc2)c1C. The topological polar surface area (TPSA) is 86.8 Å². The third-order valence-corrected chi connectivity index (χ3v) is 9.29. The number of aryl methyl sites for hydroxylation is 1. The van der Waals surface area contributed by atoms with Crippen LogP contribution in [0.2, 0.25) is 0 Å². The molecule has 1 saturated carbocycles. The summed E-state index contributed by atoms with van der Waals surface area (Å²) in [6.07, 6.45) is 4.02. The lowest BCUT2D eigenvalue weighted by molar-refractivity contribution is -0.139. The minimum Gasteiger partial charge on any atom is -0.352 e. The highest BCUT2D eigenvalue weighted by Crippen LogP contribution is 2.29. The summed E-state index contributed by atoms with van der Waals surface area (Å²) >= 11 is 0. The number of rotatable bonds is 10. The summed E-state index contributed by atoms with van der Waals surface area (Å²) in [6, 6.07) is 22.3.